The molecule has 0 fully saturated rings. The van der Waals surface area contributed by atoms with Gasteiger partial charge in [0.2, 0.25) is 0 Å². The van der Waals surface area contributed by atoms with Crippen molar-refractivity contribution >= 4 is 32.6 Å². The number of thiazole rings is 1. The number of hydrogen-bond acceptors (Lipinski definition) is 5. The molecule has 0 N–H and O–H groups in total. The summed E-state index contributed by atoms with van der Waals surface area (Å²) in [6.07, 6.45) is 3.50. The molecule has 142 valence electrons. The van der Waals surface area contributed by atoms with E-state index >= 15 is 0 Å². The number of carbonyl (C=O) groups excluding carboxylic acids is 1. The van der Waals surface area contributed by atoms with Crippen LogP contribution in [0, 0.1) is 13.8 Å². The minimum Gasteiger partial charge on any atom is -0.278 e. The lowest BCUT2D eigenvalue weighted by molar-refractivity contribution is 0.0979. The van der Waals surface area contributed by atoms with Crippen molar-refractivity contribution in [3.05, 3.63) is 71.3 Å². The van der Waals surface area contributed by atoms with Crippen molar-refractivity contribution in [3.8, 4) is 0 Å². The third-order valence-electron chi connectivity index (χ3n) is 4.57. The highest BCUT2D eigenvalue weighted by molar-refractivity contribution is 7.22. The summed E-state index contributed by atoms with van der Waals surface area (Å²) in [5, 5.41) is 5.14. The minimum absolute atomic E-state index is 0.157. The van der Waals surface area contributed by atoms with Crippen molar-refractivity contribution in [1.29, 1.82) is 0 Å². The third-order valence-corrected chi connectivity index (χ3v) is 5.61. The molecule has 0 unspecified atom stereocenters. The maximum atomic E-state index is 13.4. The Morgan fingerprint density at radius 1 is 1.21 bits per heavy atom. The van der Waals surface area contributed by atoms with Crippen molar-refractivity contribution in [2.24, 2.45) is 0 Å². The van der Waals surface area contributed by atoms with Crippen molar-refractivity contribution < 1.29 is 4.79 Å². The first kappa shape index (κ1) is 18.3. The fourth-order valence-electron chi connectivity index (χ4n) is 3.11. The Labute approximate surface area is 167 Å². The summed E-state index contributed by atoms with van der Waals surface area (Å²) < 4.78 is 2.89. The Kier molecular flexibility index (Phi) is 4.92. The third kappa shape index (κ3) is 3.53. The molecule has 3 heterocycles. The largest absolute Gasteiger partial charge is 0.280 e. The monoisotopic (exact) mass is 391 g/mol. The van der Waals surface area contributed by atoms with Gasteiger partial charge >= 0.3 is 0 Å². The molecule has 4 aromatic rings. The second-order valence-corrected chi connectivity index (χ2v) is 7.72. The second-order valence-electron chi connectivity index (χ2n) is 6.71. The van der Waals surface area contributed by atoms with Crippen LogP contribution in [0.1, 0.15) is 34.2 Å². The Morgan fingerprint density at radius 2 is 2.07 bits per heavy atom. The van der Waals surface area contributed by atoms with E-state index in [1.807, 2.05) is 48.9 Å². The fourth-order valence-corrected chi connectivity index (χ4v) is 4.17. The number of rotatable bonds is 5. The van der Waals surface area contributed by atoms with Crippen LogP contribution in [0.5, 0.6) is 0 Å². The predicted octanol–water partition coefficient (Wildman–Crippen LogP) is 4.37. The zero-order valence-corrected chi connectivity index (χ0v) is 16.9. The lowest BCUT2D eigenvalue weighted by Crippen LogP contribution is -2.30. The first-order chi connectivity index (χ1) is 13.5. The molecule has 0 saturated carbocycles. The van der Waals surface area contributed by atoms with Gasteiger partial charge in [0, 0.05) is 24.6 Å². The molecule has 28 heavy (non-hydrogen) atoms. The van der Waals surface area contributed by atoms with Gasteiger partial charge in [-0.3, -0.25) is 19.4 Å². The quantitative estimate of drug-likeness (QED) is 0.507. The number of amides is 1. The van der Waals surface area contributed by atoms with Gasteiger partial charge in [-0.15, -0.1) is 0 Å². The van der Waals surface area contributed by atoms with Gasteiger partial charge in [0.15, 0.2) is 10.8 Å². The molecule has 6 nitrogen and oxygen atoms in total. The van der Waals surface area contributed by atoms with Crippen LogP contribution in [0.3, 0.4) is 0 Å². The Morgan fingerprint density at radius 3 is 2.79 bits per heavy atom. The number of aryl methyl sites for hydroxylation is 3. The van der Waals surface area contributed by atoms with Crippen LogP contribution in [0.2, 0.25) is 0 Å². The highest BCUT2D eigenvalue weighted by Gasteiger charge is 2.24. The summed E-state index contributed by atoms with van der Waals surface area (Å²) in [5.41, 5.74) is 4.40. The van der Waals surface area contributed by atoms with Crippen LogP contribution in [0.25, 0.3) is 10.2 Å². The average molecular weight is 392 g/mol. The molecule has 1 aromatic carbocycles. The summed E-state index contributed by atoms with van der Waals surface area (Å²) in [5.74, 6) is -0.157. The topological polar surface area (TPSA) is 63.9 Å². The van der Waals surface area contributed by atoms with Gasteiger partial charge in [-0.25, -0.2) is 4.98 Å². The SMILES string of the molecule is CCn1nc(C(=O)N(Cc2cccnc2)c2nc3ccc(C)cc3s2)cc1C. The highest BCUT2D eigenvalue weighted by atomic mass is 32.1. The van der Waals surface area contributed by atoms with Crippen molar-refractivity contribution in [2.45, 2.75) is 33.9 Å². The molecule has 7 heteroatoms. The van der Waals surface area contributed by atoms with Crippen molar-refractivity contribution in [2.75, 3.05) is 4.90 Å². The number of fused-ring (bicyclic) bond motifs is 1. The smallest absolute Gasteiger partial charge is 0.278 e. The number of nitrogens with zero attached hydrogens (tertiary/aromatic N) is 5. The van der Waals surface area contributed by atoms with E-state index in [-0.39, 0.29) is 5.91 Å². The van der Waals surface area contributed by atoms with E-state index < -0.39 is 0 Å². The number of aromatic nitrogens is 4. The van der Waals surface area contributed by atoms with Gasteiger partial charge in [0.25, 0.3) is 5.91 Å². The van der Waals surface area contributed by atoms with Crippen LogP contribution in [0.15, 0.2) is 48.8 Å². The molecule has 1 amide bonds. The molecule has 0 spiro atoms. The fraction of sp³-hybridized carbons (Fsp3) is 0.238. The number of hydrogen-bond donors (Lipinski definition) is 0. The van der Waals surface area contributed by atoms with Gasteiger partial charge in [-0.1, -0.05) is 23.5 Å². The maximum absolute atomic E-state index is 13.4. The van der Waals surface area contributed by atoms with Gasteiger partial charge in [-0.2, -0.15) is 5.10 Å². The van der Waals surface area contributed by atoms with Crippen LogP contribution < -0.4 is 4.90 Å². The number of anilines is 1. The molecule has 4 rings (SSSR count). The summed E-state index contributed by atoms with van der Waals surface area (Å²) in [4.78, 5) is 24.0. The molecule has 0 atom stereocenters. The van der Waals surface area contributed by atoms with E-state index in [1.165, 1.54) is 16.9 Å². The average Bonchev–Trinajstić information content (AvgIpc) is 3.29. The number of pyridine rings is 1. The normalized spacial score (nSPS) is 11.1. The van der Waals surface area contributed by atoms with E-state index in [0.29, 0.717) is 17.4 Å². The lowest BCUT2D eigenvalue weighted by Gasteiger charge is -2.18. The Bertz CT molecular complexity index is 1130. The van der Waals surface area contributed by atoms with Crippen LogP contribution in [0.4, 0.5) is 5.13 Å². The van der Waals surface area contributed by atoms with E-state index in [4.69, 9.17) is 4.98 Å². The molecule has 3 aromatic heterocycles. The Hall–Kier alpha value is -3.06. The molecular weight excluding hydrogens is 370 g/mol. The number of carbonyl (C=O) groups is 1. The molecule has 0 aliphatic carbocycles. The van der Waals surface area contributed by atoms with Crippen LogP contribution in [-0.4, -0.2) is 25.7 Å². The standard InChI is InChI=1S/C21H21N5OS/c1-4-26-15(3)11-18(24-26)20(27)25(13-16-6-5-9-22-12-16)21-23-17-8-7-14(2)10-19(17)28-21/h5-12H,4,13H2,1-3H3. The van der Waals surface area contributed by atoms with Gasteiger partial charge in [0.05, 0.1) is 16.8 Å². The molecule has 0 aliphatic heterocycles. The number of benzene rings is 1. The molecule has 0 saturated heterocycles. The van der Waals surface area contributed by atoms with Crippen molar-refractivity contribution in [1.82, 2.24) is 19.7 Å². The predicted molar refractivity (Wildman–Crippen MR) is 112 cm³/mol. The van der Waals surface area contributed by atoms with E-state index in [0.717, 1.165) is 28.0 Å². The van der Waals surface area contributed by atoms with E-state index in [1.54, 1.807) is 17.3 Å². The first-order valence-corrected chi connectivity index (χ1v) is 9.99. The maximum Gasteiger partial charge on any atom is 0.280 e. The van der Waals surface area contributed by atoms with Crippen molar-refractivity contribution in [3.63, 3.8) is 0 Å². The zero-order valence-electron chi connectivity index (χ0n) is 16.1. The summed E-state index contributed by atoms with van der Waals surface area (Å²) in [6, 6.07) is 11.8. The van der Waals surface area contributed by atoms with Crippen LogP contribution in [-0.2, 0) is 13.1 Å². The van der Waals surface area contributed by atoms with Gasteiger partial charge < -0.3 is 0 Å². The van der Waals surface area contributed by atoms with Gasteiger partial charge in [-0.05, 0) is 56.2 Å². The summed E-state index contributed by atoms with van der Waals surface area (Å²) in [6.45, 7) is 7.14. The molecular formula is C21H21N5OS. The second kappa shape index (κ2) is 7.52. The van der Waals surface area contributed by atoms with Gasteiger partial charge in [0.1, 0.15) is 0 Å². The van der Waals surface area contributed by atoms with Crippen LogP contribution >= 0.6 is 11.3 Å². The van der Waals surface area contributed by atoms with E-state index in [9.17, 15) is 4.79 Å². The zero-order chi connectivity index (χ0) is 19.7. The highest BCUT2D eigenvalue weighted by Crippen LogP contribution is 2.31. The summed E-state index contributed by atoms with van der Waals surface area (Å²) in [7, 11) is 0. The minimum atomic E-state index is -0.157. The molecule has 0 aliphatic rings. The Balaban J connectivity index is 1.76. The summed E-state index contributed by atoms with van der Waals surface area (Å²) >= 11 is 1.52. The lowest BCUT2D eigenvalue weighted by atomic mass is 10.2. The first-order valence-electron chi connectivity index (χ1n) is 9.17. The van der Waals surface area contributed by atoms with E-state index in [2.05, 4.69) is 23.1 Å². The molecule has 0 radical (unpaired) electrons. The molecule has 0 bridgehead atoms.